The van der Waals surface area contributed by atoms with Crippen molar-refractivity contribution in [2.24, 2.45) is 5.73 Å². The summed E-state index contributed by atoms with van der Waals surface area (Å²) in [5.74, 6) is -0.683. The van der Waals surface area contributed by atoms with Crippen molar-refractivity contribution in [1.82, 2.24) is 4.98 Å². The van der Waals surface area contributed by atoms with Crippen LogP contribution < -0.4 is 11.1 Å². The van der Waals surface area contributed by atoms with Crippen molar-refractivity contribution in [2.75, 3.05) is 5.32 Å². The van der Waals surface area contributed by atoms with Gasteiger partial charge in [0.1, 0.15) is 0 Å². The van der Waals surface area contributed by atoms with Crippen molar-refractivity contribution in [3.8, 4) is 0 Å². The SMILES string of the molecule is C/C(=C1/C(=O)Nc2ccc(C(N)=O)cc21)c1ccc[nH]1. The number of H-pyrrole nitrogens is 1. The van der Waals surface area contributed by atoms with Crippen LogP contribution in [0.4, 0.5) is 5.69 Å². The molecule has 5 heteroatoms. The number of hydrogen-bond acceptors (Lipinski definition) is 2. The Balaban J connectivity index is 2.21. The van der Waals surface area contributed by atoms with E-state index < -0.39 is 5.91 Å². The number of carbonyl (C=O) groups excluding carboxylic acids is 2. The summed E-state index contributed by atoms with van der Waals surface area (Å²) >= 11 is 0. The van der Waals surface area contributed by atoms with E-state index in [1.807, 2.05) is 19.1 Å². The molecule has 0 fully saturated rings. The predicted molar refractivity (Wildman–Crippen MR) is 76.9 cm³/mol. The quantitative estimate of drug-likeness (QED) is 0.726. The minimum Gasteiger partial charge on any atom is -0.366 e. The average Bonchev–Trinajstić information content (AvgIpc) is 3.03. The number of primary amides is 1. The number of anilines is 1. The van der Waals surface area contributed by atoms with Crippen LogP contribution in [0, 0.1) is 0 Å². The van der Waals surface area contributed by atoms with Gasteiger partial charge in [0.15, 0.2) is 0 Å². The molecule has 2 aromatic rings. The van der Waals surface area contributed by atoms with E-state index in [2.05, 4.69) is 10.3 Å². The maximum atomic E-state index is 12.1. The monoisotopic (exact) mass is 267 g/mol. The van der Waals surface area contributed by atoms with Gasteiger partial charge in [-0.3, -0.25) is 9.59 Å². The molecule has 1 aromatic carbocycles. The molecule has 0 aliphatic carbocycles. The highest BCUT2D eigenvalue weighted by Crippen LogP contribution is 2.36. The standard InChI is InChI=1S/C15H13N3O2/c1-8(11-3-2-6-17-11)13-10-7-9(14(16)19)4-5-12(10)18-15(13)20/h2-7,17H,1H3,(H2,16,19)(H,18,20)/b13-8-. The Bertz CT molecular complexity index is 742. The second-order valence-corrected chi connectivity index (χ2v) is 4.66. The Kier molecular flexibility index (Phi) is 2.68. The summed E-state index contributed by atoms with van der Waals surface area (Å²) in [6, 6.07) is 8.71. The molecule has 1 aromatic heterocycles. The minimum atomic E-state index is -0.510. The molecule has 0 saturated carbocycles. The van der Waals surface area contributed by atoms with E-state index in [9.17, 15) is 9.59 Å². The summed E-state index contributed by atoms with van der Waals surface area (Å²) in [4.78, 5) is 26.5. The van der Waals surface area contributed by atoms with Crippen LogP contribution in [-0.4, -0.2) is 16.8 Å². The number of benzene rings is 1. The molecule has 2 amide bonds. The molecule has 1 aliphatic heterocycles. The number of carbonyl (C=O) groups is 2. The Hall–Kier alpha value is -2.82. The van der Waals surface area contributed by atoms with Crippen molar-refractivity contribution < 1.29 is 9.59 Å². The molecule has 0 bridgehead atoms. The number of allylic oxidation sites excluding steroid dienone is 1. The second kappa shape index (κ2) is 4.38. The molecule has 4 N–H and O–H groups in total. The third-order valence-electron chi connectivity index (χ3n) is 3.43. The number of hydrogen-bond donors (Lipinski definition) is 3. The number of aromatic amines is 1. The number of aromatic nitrogens is 1. The fraction of sp³-hybridized carbons (Fsp3) is 0.0667. The van der Waals surface area contributed by atoms with Crippen LogP contribution in [0.2, 0.25) is 0 Å². The van der Waals surface area contributed by atoms with Crippen LogP contribution in [-0.2, 0) is 4.79 Å². The Labute approximate surface area is 115 Å². The fourth-order valence-electron chi connectivity index (χ4n) is 2.39. The Morgan fingerprint density at radius 2 is 2.05 bits per heavy atom. The molecular weight excluding hydrogens is 254 g/mol. The smallest absolute Gasteiger partial charge is 0.256 e. The first-order valence-electron chi connectivity index (χ1n) is 6.18. The normalized spacial score (nSPS) is 15.8. The zero-order chi connectivity index (χ0) is 14.3. The lowest BCUT2D eigenvalue weighted by Crippen LogP contribution is -2.10. The van der Waals surface area contributed by atoms with Gasteiger partial charge in [-0.2, -0.15) is 0 Å². The largest absolute Gasteiger partial charge is 0.366 e. The summed E-state index contributed by atoms with van der Waals surface area (Å²) in [5, 5.41) is 2.79. The number of nitrogens with two attached hydrogens (primary N) is 1. The van der Waals surface area contributed by atoms with Gasteiger partial charge in [0.25, 0.3) is 5.91 Å². The van der Waals surface area contributed by atoms with Gasteiger partial charge in [-0.25, -0.2) is 0 Å². The maximum Gasteiger partial charge on any atom is 0.256 e. The van der Waals surface area contributed by atoms with Crippen LogP contribution in [0.15, 0.2) is 36.5 Å². The van der Waals surface area contributed by atoms with E-state index >= 15 is 0 Å². The molecule has 0 spiro atoms. The summed E-state index contributed by atoms with van der Waals surface area (Å²) in [6.07, 6.45) is 1.80. The van der Waals surface area contributed by atoms with E-state index in [1.165, 1.54) is 0 Å². The van der Waals surface area contributed by atoms with E-state index in [1.54, 1.807) is 24.4 Å². The van der Waals surface area contributed by atoms with E-state index in [0.717, 1.165) is 11.3 Å². The van der Waals surface area contributed by atoms with Gasteiger partial charge in [-0.05, 0) is 42.8 Å². The van der Waals surface area contributed by atoms with Crippen LogP contribution >= 0.6 is 0 Å². The van der Waals surface area contributed by atoms with E-state index in [-0.39, 0.29) is 5.91 Å². The molecule has 20 heavy (non-hydrogen) atoms. The molecule has 0 radical (unpaired) electrons. The zero-order valence-electron chi connectivity index (χ0n) is 10.9. The minimum absolute atomic E-state index is 0.172. The third-order valence-corrected chi connectivity index (χ3v) is 3.43. The molecule has 5 nitrogen and oxygen atoms in total. The van der Waals surface area contributed by atoms with Gasteiger partial charge in [0, 0.05) is 28.7 Å². The van der Waals surface area contributed by atoms with Crippen LogP contribution in [0.1, 0.15) is 28.5 Å². The van der Waals surface area contributed by atoms with Crippen molar-refractivity contribution in [2.45, 2.75) is 6.92 Å². The Morgan fingerprint density at radius 3 is 2.70 bits per heavy atom. The van der Waals surface area contributed by atoms with Crippen molar-refractivity contribution in [3.05, 3.63) is 53.3 Å². The Morgan fingerprint density at radius 1 is 1.25 bits per heavy atom. The molecule has 0 atom stereocenters. The molecule has 0 saturated heterocycles. The van der Waals surface area contributed by atoms with Gasteiger partial charge in [-0.1, -0.05) is 0 Å². The summed E-state index contributed by atoms with van der Waals surface area (Å²) in [5.41, 5.74) is 9.34. The molecule has 3 rings (SSSR count). The van der Waals surface area contributed by atoms with Gasteiger partial charge >= 0.3 is 0 Å². The van der Waals surface area contributed by atoms with Crippen molar-refractivity contribution in [1.29, 1.82) is 0 Å². The maximum absolute atomic E-state index is 12.1. The summed E-state index contributed by atoms with van der Waals surface area (Å²) < 4.78 is 0. The lowest BCUT2D eigenvalue weighted by molar-refractivity contribution is -0.110. The molecule has 100 valence electrons. The van der Waals surface area contributed by atoms with Crippen LogP contribution in [0.3, 0.4) is 0 Å². The lowest BCUT2D eigenvalue weighted by atomic mass is 9.98. The first kappa shape index (κ1) is 12.2. The topological polar surface area (TPSA) is 88.0 Å². The second-order valence-electron chi connectivity index (χ2n) is 4.66. The highest BCUT2D eigenvalue weighted by Gasteiger charge is 2.27. The van der Waals surface area contributed by atoms with Crippen LogP contribution in [0.25, 0.3) is 11.1 Å². The molecule has 1 aliphatic rings. The number of rotatable bonds is 2. The van der Waals surface area contributed by atoms with Crippen molar-refractivity contribution >= 4 is 28.6 Å². The third kappa shape index (κ3) is 1.80. The lowest BCUT2D eigenvalue weighted by Gasteiger charge is -2.05. The summed E-state index contributed by atoms with van der Waals surface area (Å²) in [6.45, 7) is 1.87. The van der Waals surface area contributed by atoms with Crippen molar-refractivity contribution in [3.63, 3.8) is 0 Å². The molecule has 0 unspecified atom stereocenters. The first-order valence-corrected chi connectivity index (χ1v) is 6.18. The fourth-order valence-corrected chi connectivity index (χ4v) is 2.39. The highest BCUT2D eigenvalue weighted by atomic mass is 16.2. The predicted octanol–water partition coefficient (Wildman–Crippen LogP) is 2.00. The van der Waals surface area contributed by atoms with E-state index in [4.69, 9.17) is 5.73 Å². The molecule has 2 heterocycles. The number of fused-ring (bicyclic) bond motifs is 1. The van der Waals surface area contributed by atoms with E-state index in [0.29, 0.717) is 22.4 Å². The molecular formula is C15H13N3O2. The first-order chi connectivity index (χ1) is 9.58. The highest BCUT2D eigenvalue weighted by molar-refractivity contribution is 6.36. The van der Waals surface area contributed by atoms with Gasteiger partial charge in [-0.15, -0.1) is 0 Å². The summed E-state index contributed by atoms with van der Waals surface area (Å²) in [7, 11) is 0. The number of amides is 2. The average molecular weight is 267 g/mol. The van der Waals surface area contributed by atoms with Gasteiger partial charge < -0.3 is 16.0 Å². The zero-order valence-corrected chi connectivity index (χ0v) is 10.9. The van der Waals surface area contributed by atoms with Gasteiger partial charge in [0.2, 0.25) is 5.91 Å². The van der Waals surface area contributed by atoms with Crippen LogP contribution in [0.5, 0.6) is 0 Å². The number of nitrogens with one attached hydrogen (secondary N) is 2. The van der Waals surface area contributed by atoms with Gasteiger partial charge in [0.05, 0.1) is 5.57 Å².